The molecule has 0 heterocycles. The lowest BCUT2D eigenvalue weighted by atomic mass is 9.67. The fourth-order valence-corrected chi connectivity index (χ4v) is 2.12. The lowest BCUT2D eigenvalue weighted by Gasteiger charge is -2.38. The first-order valence-electron chi connectivity index (χ1n) is 5.32. The highest BCUT2D eigenvalue weighted by Crippen LogP contribution is 2.43. The first-order chi connectivity index (χ1) is 6.29. The summed E-state index contributed by atoms with van der Waals surface area (Å²) in [5.74, 6) is 0. The molecule has 0 bridgehead atoms. The molecule has 0 heteroatoms. The van der Waals surface area contributed by atoms with Crippen LogP contribution in [-0.4, -0.2) is 0 Å². The van der Waals surface area contributed by atoms with Crippen molar-refractivity contribution in [3.05, 3.63) is 35.9 Å². The molecule has 70 valence electrons. The van der Waals surface area contributed by atoms with E-state index in [1.807, 2.05) is 0 Å². The van der Waals surface area contributed by atoms with Crippen molar-refractivity contribution in [2.75, 3.05) is 0 Å². The molecule has 1 aliphatic carbocycles. The number of aryl methyl sites for hydroxylation is 1. The van der Waals surface area contributed by atoms with E-state index in [2.05, 4.69) is 37.3 Å². The third kappa shape index (κ3) is 2.12. The highest BCUT2D eigenvalue weighted by molar-refractivity contribution is 5.15. The zero-order chi connectivity index (χ0) is 9.15. The van der Waals surface area contributed by atoms with Crippen LogP contribution < -0.4 is 0 Å². The maximum atomic E-state index is 2.43. The van der Waals surface area contributed by atoms with E-state index in [-0.39, 0.29) is 0 Å². The second kappa shape index (κ2) is 3.53. The van der Waals surface area contributed by atoms with Crippen LogP contribution in [0.5, 0.6) is 0 Å². The van der Waals surface area contributed by atoms with Gasteiger partial charge in [-0.2, -0.15) is 0 Å². The standard InChI is InChI=1S/C13H18/c1-13(9-5-10-13)11-8-12-6-3-2-4-7-12/h2-4,6-7H,5,8-11H2,1H3. The van der Waals surface area contributed by atoms with E-state index in [1.165, 1.54) is 37.7 Å². The predicted molar refractivity (Wildman–Crippen MR) is 56.7 cm³/mol. The van der Waals surface area contributed by atoms with Gasteiger partial charge in [0.1, 0.15) is 0 Å². The van der Waals surface area contributed by atoms with Gasteiger partial charge in [-0.05, 0) is 36.7 Å². The quantitative estimate of drug-likeness (QED) is 0.653. The van der Waals surface area contributed by atoms with Crippen LogP contribution in [0.2, 0.25) is 0 Å². The van der Waals surface area contributed by atoms with E-state index < -0.39 is 0 Å². The normalized spacial score (nSPS) is 19.5. The molecule has 0 aliphatic heterocycles. The number of hydrogen-bond acceptors (Lipinski definition) is 0. The average Bonchev–Trinajstić information content (AvgIpc) is 2.13. The van der Waals surface area contributed by atoms with Gasteiger partial charge in [0.2, 0.25) is 0 Å². The van der Waals surface area contributed by atoms with Crippen LogP contribution in [0.3, 0.4) is 0 Å². The maximum Gasteiger partial charge on any atom is -0.0274 e. The second-order valence-electron chi connectivity index (χ2n) is 4.65. The van der Waals surface area contributed by atoms with Crippen molar-refractivity contribution >= 4 is 0 Å². The van der Waals surface area contributed by atoms with E-state index in [0.717, 1.165) is 0 Å². The molecule has 0 amide bonds. The molecule has 0 radical (unpaired) electrons. The van der Waals surface area contributed by atoms with Crippen molar-refractivity contribution in [2.45, 2.75) is 39.0 Å². The summed E-state index contributed by atoms with van der Waals surface area (Å²) in [6.07, 6.45) is 6.97. The van der Waals surface area contributed by atoms with Crippen LogP contribution in [0, 0.1) is 5.41 Å². The van der Waals surface area contributed by atoms with Gasteiger partial charge in [-0.25, -0.2) is 0 Å². The Morgan fingerprint density at radius 3 is 2.38 bits per heavy atom. The number of benzene rings is 1. The Morgan fingerprint density at radius 1 is 1.15 bits per heavy atom. The van der Waals surface area contributed by atoms with Crippen LogP contribution in [0.4, 0.5) is 0 Å². The molecule has 2 rings (SSSR count). The SMILES string of the molecule is CC1(CCc2ccccc2)CCC1. The van der Waals surface area contributed by atoms with Gasteiger partial charge in [0.05, 0.1) is 0 Å². The Morgan fingerprint density at radius 2 is 1.85 bits per heavy atom. The van der Waals surface area contributed by atoms with Gasteiger partial charge in [0.25, 0.3) is 0 Å². The van der Waals surface area contributed by atoms with Gasteiger partial charge in [0, 0.05) is 0 Å². The molecule has 0 atom stereocenters. The van der Waals surface area contributed by atoms with Crippen molar-refractivity contribution in [3.63, 3.8) is 0 Å². The van der Waals surface area contributed by atoms with Crippen molar-refractivity contribution in [1.29, 1.82) is 0 Å². The molecule has 1 saturated carbocycles. The summed E-state index contributed by atoms with van der Waals surface area (Å²) in [5, 5.41) is 0. The minimum Gasteiger partial charge on any atom is -0.0622 e. The van der Waals surface area contributed by atoms with E-state index in [0.29, 0.717) is 5.41 Å². The maximum absolute atomic E-state index is 2.43. The molecule has 0 nitrogen and oxygen atoms in total. The van der Waals surface area contributed by atoms with Gasteiger partial charge in [0.15, 0.2) is 0 Å². The molecule has 0 saturated heterocycles. The van der Waals surface area contributed by atoms with Crippen LogP contribution >= 0.6 is 0 Å². The monoisotopic (exact) mass is 174 g/mol. The molecule has 13 heavy (non-hydrogen) atoms. The largest absolute Gasteiger partial charge is 0.0622 e. The topological polar surface area (TPSA) is 0 Å². The molecule has 0 unspecified atom stereocenters. The fraction of sp³-hybridized carbons (Fsp3) is 0.538. The van der Waals surface area contributed by atoms with Gasteiger partial charge in [-0.1, -0.05) is 43.7 Å². The summed E-state index contributed by atoms with van der Waals surface area (Å²) in [6.45, 7) is 2.43. The minimum absolute atomic E-state index is 0.676. The minimum atomic E-state index is 0.676. The summed E-state index contributed by atoms with van der Waals surface area (Å²) in [4.78, 5) is 0. The fourth-order valence-electron chi connectivity index (χ4n) is 2.12. The van der Waals surface area contributed by atoms with E-state index in [9.17, 15) is 0 Å². The Bertz CT molecular complexity index is 257. The third-order valence-electron chi connectivity index (χ3n) is 3.42. The van der Waals surface area contributed by atoms with E-state index >= 15 is 0 Å². The molecule has 1 aliphatic rings. The van der Waals surface area contributed by atoms with Gasteiger partial charge in [-0.15, -0.1) is 0 Å². The Labute approximate surface area is 81.0 Å². The zero-order valence-electron chi connectivity index (χ0n) is 8.42. The Kier molecular flexibility index (Phi) is 2.39. The zero-order valence-corrected chi connectivity index (χ0v) is 8.42. The average molecular weight is 174 g/mol. The highest BCUT2D eigenvalue weighted by atomic mass is 14.4. The number of hydrogen-bond donors (Lipinski definition) is 0. The number of rotatable bonds is 3. The molecule has 0 spiro atoms. The smallest absolute Gasteiger partial charge is 0.0274 e. The van der Waals surface area contributed by atoms with Gasteiger partial charge >= 0.3 is 0 Å². The molecular weight excluding hydrogens is 156 g/mol. The second-order valence-corrected chi connectivity index (χ2v) is 4.65. The molecule has 1 fully saturated rings. The lowest BCUT2D eigenvalue weighted by Crippen LogP contribution is -2.25. The van der Waals surface area contributed by atoms with Gasteiger partial charge < -0.3 is 0 Å². The van der Waals surface area contributed by atoms with Crippen molar-refractivity contribution < 1.29 is 0 Å². The van der Waals surface area contributed by atoms with Crippen molar-refractivity contribution in [2.24, 2.45) is 5.41 Å². The lowest BCUT2D eigenvalue weighted by molar-refractivity contribution is 0.147. The van der Waals surface area contributed by atoms with Gasteiger partial charge in [-0.3, -0.25) is 0 Å². The molecule has 0 N–H and O–H groups in total. The summed E-state index contributed by atoms with van der Waals surface area (Å²) >= 11 is 0. The van der Waals surface area contributed by atoms with Crippen LogP contribution in [-0.2, 0) is 6.42 Å². The van der Waals surface area contributed by atoms with E-state index in [1.54, 1.807) is 0 Å². The van der Waals surface area contributed by atoms with Crippen LogP contribution in [0.15, 0.2) is 30.3 Å². The van der Waals surface area contributed by atoms with E-state index in [4.69, 9.17) is 0 Å². The first-order valence-corrected chi connectivity index (χ1v) is 5.32. The summed E-state index contributed by atoms with van der Waals surface area (Å²) in [5.41, 5.74) is 2.17. The molecule has 1 aromatic rings. The van der Waals surface area contributed by atoms with Crippen molar-refractivity contribution in [3.8, 4) is 0 Å². The first kappa shape index (κ1) is 8.80. The molecule has 1 aromatic carbocycles. The van der Waals surface area contributed by atoms with Crippen LogP contribution in [0.25, 0.3) is 0 Å². The summed E-state index contributed by atoms with van der Waals surface area (Å²) in [7, 11) is 0. The summed E-state index contributed by atoms with van der Waals surface area (Å²) < 4.78 is 0. The Hall–Kier alpha value is -0.780. The Balaban J connectivity index is 1.86. The summed E-state index contributed by atoms with van der Waals surface area (Å²) in [6, 6.07) is 10.8. The van der Waals surface area contributed by atoms with Crippen molar-refractivity contribution in [1.82, 2.24) is 0 Å². The highest BCUT2D eigenvalue weighted by Gasteiger charge is 2.30. The van der Waals surface area contributed by atoms with Crippen LogP contribution in [0.1, 0.15) is 38.2 Å². The third-order valence-corrected chi connectivity index (χ3v) is 3.42. The predicted octanol–water partition coefficient (Wildman–Crippen LogP) is 3.81. The molecular formula is C13H18. The molecule has 0 aromatic heterocycles.